The van der Waals surface area contributed by atoms with Crippen LogP contribution in [0.25, 0.3) is 28.5 Å². The van der Waals surface area contributed by atoms with Gasteiger partial charge in [0.05, 0.1) is 25.1 Å². The minimum Gasteiger partial charge on any atom is -0.497 e. The molecule has 2 N–H and O–H groups in total. The molecule has 33 heavy (non-hydrogen) atoms. The molecular formula is C26H28IrN3O3-. The van der Waals surface area contributed by atoms with E-state index in [0.717, 1.165) is 34.2 Å². The predicted molar refractivity (Wildman–Crippen MR) is 126 cm³/mol. The maximum atomic E-state index is 8.56. The molecule has 0 saturated carbocycles. The van der Waals surface area contributed by atoms with Crippen LogP contribution in [0.1, 0.15) is 20.3 Å². The van der Waals surface area contributed by atoms with Crippen molar-refractivity contribution >= 4 is 0 Å². The van der Waals surface area contributed by atoms with Crippen molar-refractivity contribution in [1.29, 1.82) is 0 Å². The molecule has 0 aliphatic carbocycles. The van der Waals surface area contributed by atoms with Gasteiger partial charge < -0.3 is 19.5 Å². The summed E-state index contributed by atoms with van der Waals surface area (Å²) in [7, 11) is 1.66. The molecule has 175 valence electrons. The Morgan fingerprint density at radius 3 is 1.97 bits per heavy atom. The van der Waals surface area contributed by atoms with E-state index in [2.05, 4.69) is 16.3 Å². The van der Waals surface area contributed by atoms with Crippen LogP contribution in [0.5, 0.6) is 5.75 Å². The van der Waals surface area contributed by atoms with Gasteiger partial charge in [0.2, 0.25) is 0 Å². The first-order chi connectivity index (χ1) is 15.5. The fourth-order valence-corrected chi connectivity index (χ4v) is 3.23. The summed E-state index contributed by atoms with van der Waals surface area (Å²) >= 11 is 0. The Morgan fingerprint density at radius 2 is 1.45 bits per heavy atom. The van der Waals surface area contributed by atoms with Gasteiger partial charge in [-0.05, 0) is 44.5 Å². The summed E-state index contributed by atoms with van der Waals surface area (Å²) in [5.74, 6) is 2.36. The summed E-state index contributed by atoms with van der Waals surface area (Å²) < 4.78 is 7.31. The molecule has 0 fully saturated rings. The number of nitrogens with zero attached hydrogens (tertiary/aromatic N) is 3. The molecule has 3 aromatic carbocycles. The van der Waals surface area contributed by atoms with Crippen molar-refractivity contribution in [3.8, 4) is 34.2 Å². The standard InChI is InChI=1S/C21H16N3O.C5H12O2.Ir/c1-25-19-14-12-18(13-15-19)24-20(16-8-4-2-5-9-16)22-23-21(24)17-10-6-3-7-11-17;1-4(6)3-5(2)7;/h2-10,12-15H,1H3;4-7H,3H2,1-2H3;/q-1;;. The van der Waals surface area contributed by atoms with Gasteiger partial charge in [-0.25, -0.2) is 0 Å². The summed E-state index contributed by atoms with van der Waals surface area (Å²) in [5, 5.41) is 26.0. The molecule has 4 rings (SSSR count). The molecule has 1 aromatic heterocycles. The molecule has 0 aliphatic rings. The molecule has 1 radical (unpaired) electrons. The molecule has 0 spiro atoms. The zero-order valence-corrected chi connectivity index (χ0v) is 21.2. The number of aliphatic hydroxyl groups is 2. The Morgan fingerprint density at radius 1 is 0.848 bits per heavy atom. The molecule has 0 bridgehead atoms. The van der Waals surface area contributed by atoms with Gasteiger partial charge in [-0.15, -0.1) is 41.0 Å². The van der Waals surface area contributed by atoms with Crippen LogP contribution in [0.2, 0.25) is 0 Å². The number of hydrogen-bond acceptors (Lipinski definition) is 5. The second-order valence-corrected chi connectivity index (χ2v) is 7.46. The molecule has 0 amide bonds. The summed E-state index contributed by atoms with van der Waals surface area (Å²) in [6.07, 6.45) is -0.278. The maximum absolute atomic E-state index is 8.56. The number of hydrogen-bond donors (Lipinski definition) is 2. The van der Waals surface area contributed by atoms with E-state index in [1.807, 2.05) is 83.4 Å². The number of aromatic nitrogens is 3. The fraction of sp³-hybridized carbons (Fsp3) is 0.231. The summed E-state index contributed by atoms with van der Waals surface area (Å²) in [6.45, 7) is 3.32. The SMILES string of the molecule is CC(O)CC(C)O.COc1ccc(-n2c(-c3[c-]cccc3)nnc2-c2ccccc2)cc1.[Ir]. The first-order valence-electron chi connectivity index (χ1n) is 10.5. The zero-order valence-electron chi connectivity index (χ0n) is 18.8. The molecule has 1 heterocycles. The molecule has 0 aliphatic heterocycles. The van der Waals surface area contributed by atoms with Gasteiger partial charge in [0.25, 0.3) is 0 Å². The predicted octanol–water partition coefficient (Wildman–Crippen LogP) is 4.55. The molecule has 4 aromatic rings. The summed E-state index contributed by atoms with van der Waals surface area (Å²) in [4.78, 5) is 0. The van der Waals surface area contributed by atoms with E-state index >= 15 is 0 Å². The van der Waals surface area contributed by atoms with Gasteiger partial charge in [-0.1, -0.05) is 30.3 Å². The monoisotopic (exact) mass is 623 g/mol. The maximum Gasteiger partial charge on any atom is 0.159 e. The van der Waals surface area contributed by atoms with Crippen LogP contribution in [0.4, 0.5) is 0 Å². The third-order valence-corrected chi connectivity index (χ3v) is 4.66. The van der Waals surface area contributed by atoms with Crippen molar-refractivity contribution in [2.75, 3.05) is 7.11 Å². The van der Waals surface area contributed by atoms with Crippen molar-refractivity contribution in [2.45, 2.75) is 32.5 Å². The quantitative estimate of drug-likeness (QED) is 0.309. The summed E-state index contributed by atoms with van der Waals surface area (Å²) in [5.41, 5.74) is 2.87. The fourth-order valence-electron chi connectivity index (χ4n) is 3.23. The smallest absolute Gasteiger partial charge is 0.159 e. The molecule has 6 nitrogen and oxygen atoms in total. The van der Waals surface area contributed by atoms with E-state index in [1.165, 1.54) is 0 Å². The second-order valence-electron chi connectivity index (χ2n) is 7.46. The number of ether oxygens (including phenoxy) is 1. The molecule has 0 saturated heterocycles. The number of methoxy groups -OCH3 is 1. The van der Waals surface area contributed by atoms with Gasteiger partial charge in [0, 0.05) is 31.4 Å². The van der Waals surface area contributed by atoms with Gasteiger partial charge >= 0.3 is 0 Å². The third kappa shape index (κ3) is 7.34. The normalized spacial score (nSPS) is 12.0. The van der Waals surface area contributed by atoms with Crippen LogP contribution in [0, 0.1) is 6.07 Å². The molecule has 7 heteroatoms. The Hall–Kier alpha value is -2.83. The van der Waals surface area contributed by atoms with Crippen LogP contribution in [-0.2, 0) is 20.1 Å². The van der Waals surface area contributed by atoms with Crippen molar-refractivity contribution in [3.05, 3.63) is 84.9 Å². The van der Waals surface area contributed by atoms with Crippen LogP contribution in [0.15, 0.2) is 78.9 Å². The van der Waals surface area contributed by atoms with E-state index in [9.17, 15) is 0 Å². The Balaban J connectivity index is 0.000000423. The Bertz CT molecular complexity index is 1020. The average molecular weight is 623 g/mol. The number of aliphatic hydroxyl groups excluding tert-OH is 2. The first kappa shape index (κ1) is 26.4. The Kier molecular flexibility index (Phi) is 10.4. The van der Waals surface area contributed by atoms with Crippen molar-refractivity contribution in [1.82, 2.24) is 14.8 Å². The molecule has 2 unspecified atom stereocenters. The molecular weight excluding hydrogens is 595 g/mol. The van der Waals surface area contributed by atoms with Crippen LogP contribution in [-0.4, -0.2) is 44.3 Å². The van der Waals surface area contributed by atoms with E-state index in [-0.39, 0.29) is 32.3 Å². The number of benzene rings is 3. The largest absolute Gasteiger partial charge is 0.497 e. The van der Waals surface area contributed by atoms with E-state index in [1.54, 1.807) is 21.0 Å². The number of rotatable bonds is 6. The average Bonchev–Trinajstić information content (AvgIpc) is 3.25. The van der Waals surface area contributed by atoms with Gasteiger partial charge in [0.1, 0.15) is 5.75 Å². The van der Waals surface area contributed by atoms with Crippen LogP contribution >= 0.6 is 0 Å². The van der Waals surface area contributed by atoms with Gasteiger partial charge in [0.15, 0.2) is 5.82 Å². The van der Waals surface area contributed by atoms with E-state index < -0.39 is 0 Å². The minimum atomic E-state index is -0.375. The second kappa shape index (κ2) is 13.0. The van der Waals surface area contributed by atoms with Crippen molar-refractivity contribution in [2.24, 2.45) is 0 Å². The zero-order chi connectivity index (χ0) is 22.9. The first-order valence-corrected chi connectivity index (χ1v) is 10.5. The van der Waals surface area contributed by atoms with E-state index in [4.69, 9.17) is 14.9 Å². The van der Waals surface area contributed by atoms with E-state index in [0.29, 0.717) is 6.42 Å². The van der Waals surface area contributed by atoms with Gasteiger partial charge in [-0.2, -0.15) is 5.10 Å². The Labute approximate surface area is 208 Å². The van der Waals surface area contributed by atoms with Gasteiger partial charge in [-0.3, -0.25) is 0 Å². The third-order valence-electron chi connectivity index (χ3n) is 4.66. The van der Waals surface area contributed by atoms with Crippen LogP contribution in [0.3, 0.4) is 0 Å². The van der Waals surface area contributed by atoms with Crippen LogP contribution < -0.4 is 4.74 Å². The topological polar surface area (TPSA) is 80.4 Å². The minimum absolute atomic E-state index is 0. The molecule has 2 atom stereocenters. The van der Waals surface area contributed by atoms with Crippen molar-refractivity contribution in [3.63, 3.8) is 0 Å². The van der Waals surface area contributed by atoms with Crippen molar-refractivity contribution < 1.29 is 35.1 Å². The summed E-state index contributed by atoms with van der Waals surface area (Å²) in [6, 6.07) is 28.9.